The van der Waals surface area contributed by atoms with Crippen molar-refractivity contribution in [3.8, 4) is 11.3 Å². The van der Waals surface area contributed by atoms with Crippen LogP contribution in [0, 0.1) is 0 Å². The molecule has 1 aromatic heterocycles. The van der Waals surface area contributed by atoms with Crippen LogP contribution in [0.1, 0.15) is 43.5 Å². The molecule has 0 spiro atoms. The first-order valence-electron chi connectivity index (χ1n) is 7.36. The minimum atomic E-state index is 0.495. The van der Waals surface area contributed by atoms with Gasteiger partial charge in [-0.1, -0.05) is 58.0 Å². The van der Waals surface area contributed by atoms with Crippen molar-refractivity contribution in [2.75, 3.05) is 6.54 Å². The smallest absolute Gasteiger partial charge is 0.0960 e. The minimum absolute atomic E-state index is 0.495. The molecule has 1 N–H and O–H groups in total. The summed E-state index contributed by atoms with van der Waals surface area (Å²) >= 11 is 1.86. The molecule has 108 valence electrons. The van der Waals surface area contributed by atoms with Gasteiger partial charge < -0.3 is 5.32 Å². The van der Waals surface area contributed by atoms with Gasteiger partial charge in [-0.25, -0.2) is 4.98 Å². The van der Waals surface area contributed by atoms with E-state index in [-0.39, 0.29) is 0 Å². The largest absolute Gasteiger partial charge is 0.314 e. The zero-order valence-corrected chi connectivity index (χ0v) is 13.6. The Morgan fingerprint density at radius 3 is 2.40 bits per heavy atom. The van der Waals surface area contributed by atoms with Gasteiger partial charge in [0.15, 0.2) is 0 Å². The molecule has 2 nitrogen and oxygen atoms in total. The molecule has 0 aliphatic rings. The number of hydrogen-bond acceptors (Lipinski definition) is 3. The van der Waals surface area contributed by atoms with Crippen LogP contribution in [0.4, 0.5) is 0 Å². The molecule has 0 aliphatic carbocycles. The summed E-state index contributed by atoms with van der Waals surface area (Å²) in [6.07, 6.45) is 1.05. The lowest BCUT2D eigenvalue weighted by atomic mass is 10.1. The highest BCUT2D eigenvalue weighted by molar-refractivity contribution is 7.12. The van der Waals surface area contributed by atoms with Crippen LogP contribution in [0.2, 0.25) is 0 Å². The van der Waals surface area contributed by atoms with Crippen molar-refractivity contribution >= 4 is 11.3 Å². The molecule has 0 saturated heterocycles. The molecule has 20 heavy (non-hydrogen) atoms. The Labute approximate surface area is 126 Å². The molecule has 0 saturated carbocycles. The average molecular weight is 288 g/mol. The topological polar surface area (TPSA) is 24.9 Å². The number of nitrogens with zero attached hydrogens (tertiary/aromatic N) is 1. The van der Waals surface area contributed by atoms with Gasteiger partial charge in [0.1, 0.15) is 0 Å². The van der Waals surface area contributed by atoms with E-state index >= 15 is 0 Å². The highest BCUT2D eigenvalue weighted by atomic mass is 32.1. The van der Waals surface area contributed by atoms with E-state index in [1.165, 1.54) is 21.1 Å². The quantitative estimate of drug-likeness (QED) is 0.848. The van der Waals surface area contributed by atoms with Crippen LogP contribution >= 0.6 is 11.3 Å². The van der Waals surface area contributed by atoms with Crippen LogP contribution in [0.3, 0.4) is 0 Å². The molecular weight excluding hydrogens is 264 g/mol. The van der Waals surface area contributed by atoms with Gasteiger partial charge in [0, 0.05) is 28.9 Å². The van der Waals surface area contributed by atoms with E-state index in [9.17, 15) is 0 Å². The van der Waals surface area contributed by atoms with Gasteiger partial charge in [0.2, 0.25) is 0 Å². The number of hydrogen-bond donors (Lipinski definition) is 1. The van der Waals surface area contributed by atoms with Gasteiger partial charge >= 0.3 is 0 Å². The summed E-state index contributed by atoms with van der Waals surface area (Å²) in [5.74, 6) is 0.495. The van der Waals surface area contributed by atoms with Crippen LogP contribution < -0.4 is 5.32 Å². The molecule has 3 heteroatoms. The molecule has 1 aromatic carbocycles. The van der Waals surface area contributed by atoms with E-state index in [0.717, 1.165) is 13.0 Å². The molecule has 0 aliphatic heterocycles. The fraction of sp³-hybridized carbons (Fsp3) is 0.471. The predicted octanol–water partition coefficient (Wildman–Crippen LogP) is 4.47. The van der Waals surface area contributed by atoms with Crippen molar-refractivity contribution < 1.29 is 0 Å². The van der Waals surface area contributed by atoms with Crippen LogP contribution in [0.5, 0.6) is 0 Å². The van der Waals surface area contributed by atoms with Crippen molar-refractivity contribution in [3.63, 3.8) is 0 Å². The van der Waals surface area contributed by atoms with Gasteiger partial charge in [-0.3, -0.25) is 0 Å². The fourth-order valence-corrected chi connectivity index (χ4v) is 3.17. The Morgan fingerprint density at radius 2 is 1.80 bits per heavy atom. The van der Waals surface area contributed by atoms with Gasteiger partial charge in [-0.05, 0) is 6.42 Å². The Balaban J connectivity index is 2.24. The van der Waals surface area contributed by atoms with Gasteiger partial charge in [-0.2, -0.15) is 0 Å². The van der Waals surface area contributed by atoms with E-state index in [1.54, 1.807) is 0 Å². The summed E-state index contributed by atoms with van der Waals surface area (Å²) in [5, 5.41) is 4.73. The molecule has 1 heterocycles. The third-order valence-corrected chi connectivity index (χ3v) is 4.58. The number of thiazole rings is 1. The zero-order chi connectivity index (χ0) is 14.5. The summed E-state index contributed by atoms with van der Waals surface area (Å²) in [4.78, 5) is 6.26. The second-order valence-corrected chi connectivity index (χ2v) is 6.82. The monoisotopic (exact) mass is 288 g/mol. The number of nitrogens with one attached hydrogen (secondary N) is 1. The fourth-order valence-electron chi connectivity index (χ4n) is 2.08. The SMILES string of the molecule is CC(C)NCCc1sc(C(C)C)nc1-c1ccccc1. The summed E-state index contributed by atoms with van der Waals surface area (Å²) < 4.78 is 0. The van der Waals surface area contributed by atoms with Crippen LogP contribution in [-0.2, 0) is 6.42 Å². The molecule has 2 aromatic rings. The first kappa shape index (κ1) is 15.2. The maximum Gasteiger partial charge on any atom is 0.0960 e. The van der Waals surface area contributed by atoms with E-state index in [1.807, 2.05) is 11.3 Å². The van der Waals surface area contributed by atoms with E-state index in [0.29, 0.717) is 12.0 Å². The molecule has 2 rings (SSSR count). The van der Waals surface area contributed by atoms with E-state index in [2.05, 4.69) is 63.3 Å². The maximum atomic E-state index is 4.87. The minimum Gasteiger partial charge on any atom is -0.314 e. The van der Waals surface area contributed by atoms with E-state index in [4.69, 9.17) is 4.98 Å². The second-order valence-electron chi connectivity index (χ2n) is 5.70. The van der Waals surface area contributed by atoms with Crippen LogP contribution in [0.15, 0.2) is 30.3 Å². The molecule has 0 bridgehead atoms. The van der Waals surface area contributed by atoms with Crippen molar-refractivity contribution in [1.29, 1.82) is 0 Å². The molecule has 0 fully saturated rings. The lowest BCUT2D eigenvalue weighted by Gasteiger charge is -2.07. The van der Waals surface area contributed by atoms with Gasteiger partial charge in [-0.15, -0.1) is 11.3 Å². The summed E-state index contributed by atoms with van der Waals surface area (Å²) in [5.41, 5.74) is 2.40. The first-order valence-corrected chi connectivity index (χ1v) is 8.18. The van der Waals surface area contributed by atoms with Crippen LogP contribution in [0.25, 0.3) is 11.3 Å². The Hall–Kier alpha value is -1.19. The highest BCUT2D eigenvalue weighted by Gasteiger charge is 2.14. The molecular formula is C17H24N2S. The lowest BCUT2D eigenvalue weighted by molar-refractivity contribution is 0.592. The maximum absolute atomic E-state index is 4.87. The van der Waals surface area contributed by atoms with Crippen molar-refractivity contribution in [2.24, 2.45) is 0 Å². The van der Waals surface area contributed by atoms with Crippen molar-refractivity contribution in [3.05, 3.63) is 40.2 Å². The lowest BCUT2D eigenvalue weighted by Crippen LogP contribution is -2.24. The normalized spacial score (nSPS) is 11.5. The summed E-state index contributed by atoms with van der Waals surface area (Å²) in [7, 11) is 0. The number of aromatic nitrogens is 1. The van der Waals surface area contributed by atoms with Crippen molar-refractivity contribution in [2.45, 2.75) is 46.1 Å². The Kier molecular flexibility index (Phi) is 5.32. The third kappa shape index (κ3) is 3.90. The molecule has 0 unspecified atom stereocenters. The average Bonchev–Trinajstić information content (AvgIpc) is 2.84. The second kappa shape index (κ2) is 7.00. The van der Waals surface area contributed by atoms with Gasteiger partial charge in [0.05, 0.1) is 10.7 Å². The van der Waals surface area contributed by atoms with Gasteiger partial charge in [0.25, 0.3) is 0 Å². The van der Waals surface area contributed by atoms with Crippen molar-refractivity contribution in [1.82, 2.24) is 10.3 Å². The van der Waals surface area contributed by atoms with E-state index < -0.39 is 0 Å². The number of benzene rings is 1. The highest BCUT2D eigenvalue weighted by Crippen LogP contribution is 2.31. The molecule has 0 amide bonds. The van der Waals surface area contributed by atoms with Crippen LogP contribution in [-0.4, -0.2) is 17.6 Å². The third-order valence-electron chi connectivity index (χ3n) is 3.16. The molecule has 0 atom stereocenters. The number of rotatable bonds is 6. The zero-order valence-electron chi connectivity index (χ0n) is 12.8. The Bertz CT molecular complexity index is 529. The first-order chi connectivity index (χ1) is 9.58. The standard InChI is InChI=1S/C17H24N2S/c1-12(2)17-19-16(14-8-6-5-7-9-14)15(20-17)10-11-18-13(3)4/h5-9,12-13,18H,10-11H2,1-4H3. The predicted molar refractivity (Wildman–Crippen MR) is 88.5 cm³/mol. The Morgan fingerprint density at radius 1 is 1.10 bits per heavy atom. The summed E-state index contributed by atoms with van der Waals surface area (Å²) in [6.45, 7) is 9.80. The molecule has 0 radical (unpaired) electrons. The summed E-state index contributed by atoms with van der Waals surface area (Å²) in [6, 6.07) is 11.1.